The first-order valence-electron chi connectivity index (χ1n) is 9.25. The molecule has 0 saturated carbocycles. The first kappa shape index (κ1) is 20.6. The molecular weight excluding hydrogens is 469 g/mol. The number of hydrogen-bond donors (Lipinski definition) is 0. The van der Waals surface area contributed by atoms with Gasteiger partial charge >= 0.3 is 183 Å². The quantitative estimate of drug-likeness (QED) is 0.430. The van der Waals surface area contributed by atoms with Crippen LogP contribution >= 0.6 is 0 Å². The van der Waals surface area contributed by atoms with Crippen LogP contribution in [-0.4, -0.2) is 14.2 Å². The zero-order chi connectivity index (χ0) is 21.1. The monoisotopic (exact) mass is 487 g/mol. The Labute approximate surface area is 182 Å². The molecule has 3 aromatic carbocycles. The summed E-state index contributed by atoms with van der Waals surface area (Å²) in [6, 6.07) is 15.6. The predicted octanol–water partition coefficient (Wildman–Crippen LogP) is 5.66. The van der Waals surface area contributed by atoms with E-state index in [9.17, 15) is 8.78 Å². The number of ether oxygens (including phenoxy) is 2. The van der Waals surface area contributed by atoms with E-state index in [4.69, 9.17) is 15.1 Å². The second-order valence-corrected chi connectivity index (χ2v) is 10.7. The molecule has 0 spiro atoms. The van der Waals surface area contributed by atoms with Crippen molar-refractivity contribution in [2.45, 2.75) is 3.63 Å². The molecule has 4 nitrogen and oxygen atoms in total. The Bertz CT molecular complexity index is 1000. The van der Waals surface area contributed by atoms with Crippen molar-refractivity contribution in [2.75, 3.05) is 14.2 Å². The molecule has 1 unspecified atom stereocenters. The Balaban J connectivity index is 1.68. The third kappa shape index (κ3) is 4.41. The summed E-state index contributed by atoms with van der Waals surface area (Å²) in [5.41, 5.74) is 2.02. The summed E-state index contributed by atoms with van der Waals surface area (Å²) in [6.45, 7) is 0. The van der Waals surface area contributed by atoms with Crippen LogP contribution in [0.1, 0.15) is 14.8 Å². The standard InChI is InChI=1S/C11H11O2.2C6H5FO.Zr/c1-12-10-6-8-4-3-5-9(8)7-11(10)13-2;2*7-5-1-3-6(8)4-2-5;/h3-7H,1-2H3;2*1-4,8H;/q;;;+2/p-2. The van der Waals surface area contributed by atoms with Crippen molar-refractivity contribution in [3.63, 3.8) is 0 Å². The van der Waals surface area contributed by atoms with E-state index in [1.54, 1.807) is 38.5 Å². The molecule has 30 heavy (non-hydrogen) atoms. The molecular formula is C23H19F2O4Zr. The summed E-state index contributed by atoms with van der Waals surface area (Å²) < 4.78 is 49.9. The summed E-state index contributed by atoms with van der Waals surface area (Å²) in [7, 11) is 3.18. The van der Waals surface area contributed by atoms with E-state index < -0.39 is 22.6 Å². The molecule has 0 aromatic heterocycles. The minimum atomic E-state index is -3.20. The van der Waals surface area contributed by atoms with Gasteiger partial charge in [-0.2, -0.15) is 0 Å². The fraction of sp³-hybridized carbons (Fsp3) is 0.130. The van der Waals surface area contributed by atoms with Crippen LogP contribution in [0.25, 0.3) is 6.08 Å². The Hall–Kier alpha value is -2.66. The van der Waals surface area contributed by atoms with Crippen molar-refractivity contribution in [3.05, 3.63) is 89.5 Å². The molecule has 1 atom stereocenters. The molecule has 0 fully saturated rings. The van der Waals surface area contributed by atoms with Crippen molar-refractivity contribution in [1.29, 1.82) is 0 Å². The van der Waals surface area contributed by atoms with Gasteiger partial charge in [0, 0.05) is 0 Å². The molecule has 0 bridgehead atoms. The molecule has 4 rings (SSSR count). The molecule has 1 aliphatic carbocycles. The van der Waals surface area contributed by atoms with Gasteiger partial charge in [0.1, 0.15) is 0 Å². The average Bonchev–Trinajstić information content (AvgIpc) is 3.18. The second-order valence-electron chi connectivity index (χ2n) is 6.60. The number of benzene rings is 3. The Kier molecular flexibility index (Phi) is 6.19. The number of halogens is 2. The van der Waals surface area contributed by atoms with Gasteiger partial charge in [0.2, 0.25) is 0 Å². The van der Waals surface area contributed by atoms with Gasteiger partial charge in [-0.05, 0) is 0 Å². The molecule has 7 heteroatoms. The molecule has 0 N–H and O–H groups in total. The van der Waals surface area contributed by atoms with Gasteiger partial charge in [-0.25, -0.2) is 0 Å². The van der Waals surface area contributed by atoms with Crippen LogP contribution in [0.2, 0.25) is 0 Å². The fourth-order valence-electron chi connectivity index (χ4n) is 3.22. The summed E-state index contributed by atoms with van der Waals surface area (Å²) in [5.74, 6) is 1.66. The van der Waals surface area contributed by atoms with E-state index >= 15 is 0 Å². The van der Waals surface area contributed by atoms with Gasteiger partial charge in [-0.15, -0.1) is 0 Å². The van der Waals surface area contributed by atoms with E-state index in [0.29, 0.717) is 23.0 Å². The van der Waals surface area contributed by atoms with Crippen LogP contribution in [0.3, 0.4) is 0 Å². The Morgan fingerprint density at radius 1 is 0.733 bits per heavy atom. The Morgan fingerprint density at radius 3 is 1.73 bits per heavy atom. The molecule has 0 saturated heterocycles. The summed E-state index contributed by atoms with van der Waals surface area (Å²) in [6.07, 6.45) is 4.05. The van der Waals surface area contributed by atoms with Gasteiger partial charge in [-0.3, -0.25) is 0 Å². The second kappa shape index (κ2) is 9.01. The van der Waals surface area contributed by atoms with Crippen molar-refractivity contribution >= 4 is 6.08 Å². The zero-order valence-electron chi connectivity index (χ0n) is 16.4. The summed E-state index contributed by atoms with van der Waals surface area (Å²) in [4.78, 5) is 0. The maximum absolute atomic E-state index is 13.3. The maximum atomic E-state index is 13.3. The molecule has 0 aliphatic heterocycles. The fourth-order valence-corrected chi connectivity index (χ4v) is 7.62. The number of allylic oxidation sites excluding steroid dienone is 1. The van der Waals surface area contributed by atoms with Crippen LogP contribution in [0, 0.1) is 11.6 Å². The minimum absolute atomic E-state index is 0.0858. The third-order valence-corrected chi connectivity index (χ3v) is 9.34. The van der Waals surface area contributed by atoms with Crippen LogP contribution in [0.15, 0.2) is 66.7 Å². The number of hydrogen-bond acceptors (Lipinski definition) is 4. The number of fused-ring (bicyclic) bond motifs is 1. The van der Waals surface area contributed by atoms with Gasteiger partial charge in [0.15, 0.2) is 0 Å². The van der Waals surface area contributed by atoms with Crippen molar-refractivity contribution < 1.29 is 46.5 Å². The van der Waals surface area contributed by atoms with Gasteiger partial charge in [0.05, 0.1) is 0 Å². The molecule has 0 radical (unpaired) electrons. The molecule has 153 valence electrons. The number of rotatable bonds is 7. The first-order chi connectivity index (χ1) is 14.6. The number of methoxy groups -OCH3 is 2. The van der Waals surface area contributed by atoms with Crippen LogP contribution < -0.4 is 15.1 Å². The predicted molar refractivity (Wildman–Crippen MR) is 105 cm³/mol. The van der Waals surface area contributed by atoms with E-state index in [1.807, 2.05) is 24.3 Å². The summed E-state index contributed by atoms with van der Waals surface area (Å²) >= 11 is -3.20. The van der Waals surface area contributed by atoms with E-state index in [1.165, 1.54) is 24.3 Å². The SMILES string of the molecule is COc1cc2c(cc1OC)[CH]([Zr]([O]c1ccc(F)cc1)[O]c1ccc(F)cc1)C=C2. The molecule has 3 aromatic rings. The van der Waals surface area contributed by atoms with Crippen LogP contribution in [-0.2, 0) is 22.6 Å². The average molecular weight is 489 g/mol. The van der Waals surface area contributed by atoms with Crippen LogP contribution in [0.4, 0.5) is 8.78 Å². The molecule has 0 amide bonds. The molecule has 1 aliphatic rings. The van der Waals surface area contributed by atoms with Crippen LogP contribution in [0.5, 0.6) is 23.0 Å². The van der Waals surface area contributed by atoms with Crippen molar-refractivity contribution in [2.24, 2.45) is 0 Å². The van der Waals surface area contributed by atoms with Gasteiger partial charge in [-0.1, -0.05) is 0 Å². The van der Waals surface area contributed by atoms with Gasteiger partial charge < -0.3 is 0 Å². The first-order valence-corrected chi connectivity index (χ1v) is 12.7. The zero-order valence-corrected chi connectivity index (χ0v) is 18.9. The van der Waals surface area contributed by atoms with E-state index in [0.717, 1.165) is 11.1 Å². The third-order valence-electron chi connectivity index (χ3n) is 4.71. The van der Waals surface area contributed by atoms with Crippen molar-refractivity contribution in [1.82, 2.24) is 0 Å². The van der Waals surface area contributed by atoms with E-state index in [2.05, 4.69) is 0 Å². The topological polar surface area (TPSA) is 36.9 Å². The molecule has 0 heterocycles. The van der Waals surface area contributed by atoms with Gasteiger partial charge in [0.25, 0.3) is 0 Å². The Morgan fingerprint density at radius 2 is 1.23 bits per heavy atom. The van der Waals surface area contributed by atoms with Crippen molar-refractivity contribution in [3.8, 4) is 23.0 Å². The normalized spacial score (nSPS) is 14.2. The van der Waals surface area contributed by atoms with E-state index in [-0.39, 0.29) is 15.3 Å². The summed E-state index contributed by atoms with van der Waals surface area (Å²) in [5, 5.41) is 0.